The van der Waals surface area contributed by atoms with E-state index in [1.165, 1.54) is 4.90 Å². The fourth-order valence-electron chi connectivity index (χ4n) is 0.798. The molecule has 0 spiro atoms. The number of hydrogen-bond acceptors (Lipinski definition) is 3. The van der Waals surface area contributed by atoms with E-state index in [-0.39, 0.29) is 25.0 Å². The van der Waals surface area contributed by atoms with Gasteiger partial charge in [-0.15, -0.1) is 0 Å². The lowest BCUT2D eigenvalue weighted by atomic mass is 10.3. The highest BCUT2D eigenvalue weighted by atomic mass is 16.2. The molecule has 64 valence electrons. The van der Waals surface area contributed by atoms with Crippen molar-refractivity contribution in [3.05, 3.63) is 0 Å². The van der Waals surface area contributed by atoms with Crippen molar-refractivity contribution in [1.29, 1.82) is 0 Å². The second-order valence-electron chi connectivity index (χ2n) is 2.51. The van der Waals surface area contributed by atoms with E-state index in [1.807, 2.05) is 13.8 Å². The molecule has 0 rings (SSSR count). The van der Waals surface area contributed by atoms with Crippen LogP contribution in [0.1, 0.15) is 13.8 Å². The van der Waals surface area contributed by atoms with Crippen molar-refractivity contribution in [1.82, 2.24) is 4.90 Å². The van der Waals surface area contributed by atoms with Crippen molar-refractivity contribution in [2.75, 3.05) is 13.1 Å². The zero-order chi connectivity index (χ0) is 8.85. The molecular formula is C7H14N2O2. The van der Waals surface area contributed by atoms with Crippen molar-refractivity contribution >= 4 is 12.2 Å². The Morgan fingerprint density at radius 2 is 2.18 bits per heavy atom. The van der Waals surface area contributed by atoms with Gasteiger partial charge in [-0.2, -0.15) is 0 Å². The summed E-state index contributed by atoms with van der Waals surface area (Å²) in [7, 11) is 0. The Bertz CT molecular complexity index is 145. The molecule has 0 radical (unpaired) electrons. The summed E-state index contributed by atoms with van der Waals surface area (Å²) in [4.78, 5) is 22.5. The number of rotatable bonds is 4. The molecule has 0 aliphatic heterocycles. The Hall–Kier alpha value is -0.900. The van der Waals surface area contributed by atoms with Gasteiger partial charge in [-0.25, -0.2) is 0 Å². The van der Waals surface area contributed by atoms with Gasteiger partial charge in [0.05, 0.1) is 13.1 Å². The maximum atomic E-state index is 11.0. The fraction of sp³-hybridized carbons (Fsp3) is 0.714. The molecule has 0 saturated carbocycles. The van der Waals surface area contributed by atoms with Gasteiger partial charge < -0.3 is 15.4 Å². The topological polar surface area (TPSA) is 63.4 Å². The largest absolute Gasteiger partial charge is 0.332 e. The normalized spacial score (nSPS) is 9.82. The second-order valence-corrected chi connectivity index (χ2v) is 2.51. The summed E-state index contributed by atoms with van der Waals surface area (Å²) in [5, 5.41) is 0. The van der Waals surface area contributed by atoms with Crippen LogP contribution in [0.25, 0.3) is 0 Å². The monoisotopic (exact) mass is 158 g/mol. The number of amides is 1. The van der Waals surface area contributed by atoms with E-state index in [4.69, 9.17) is 5.73 Å². The molecule has 0 aliphatic carbocycles. The maximum absolute atomic E-state index is 11.0. The lowest BCUT2D eigenvalue weighted by Gasteiger charge is -2.23. The van der Waals surface area contributed by atoms with Gasteiger partial charge in [-0.1, -0.05) is 0 Å². The van der Waals surface area contributed by atoms with Gasteiger partial charge in [0.25, 0.3) is 0 Å². The summed E-state index contributed by atoms with van der Waals surface area (Å²) in [5.74, 6) is -0.188. The van der Waals surface area contributed by atoms with E-state index in [0.29, 0.717) is 6.29 Å². The molecule has 4 heteroatoms. The first-order valence-corrected chi connectivity index (χ1v) is 3.56. The molecule has 0 aromatic carbocycles. The van der Waals surface area contributed by atoms with Gasteiger partial charge in [0.15, 0.2) is 0 Å². The highest BCUT2D eigenvalue weighted by molar-refractivity contribution is 5.80. The SMILES string of the molecule is CC(C)N(CC=O)C(=O)CN. The Kier molecular flexibility index (Phi) is 4.45. The summed E-state index contributed by atoms with van der Waals surface area (Å²) in [6.45, 7) is 3.79. The van der Waals surface area contributed by atoms with E-state index in [1.54, 1.807) is 0 Å². The van der Waals surface area contributed by atoms with Gasteiger partial charge in [-0.3, -0.25) is 4.79 Å². The fourth-order valence-corrected chi connectivity index (χ4v) is 0.798. The molecule has 1 amide bonds. The van der Waals surface area contributed by atoms with E-state index in [2.05, 4.69) is 0 Å². The standard InChI is InChI=1S/C7H14N2O2/c1-6(2)9(3-4-10)7(11)5-8/h4,6H,3,5,8H2,1-2H3. The molecule has 11 heavy (non-hydrogen) atoms. The quantitative estimate of drug-likeness (QED) is 0.555. The number of nitrogens with zero attached hydrogens (tertiary/aromatic N) is 1. The van der Waals surface area contributed by atoms with Crippen LogP contribution in [-0.2, 0) is 9.59 Å². The van der Waals surface area contributed by atoms with Crippen LogP contribution >= 0.6 is 0 Å². The molecule has 2 N–H and O–H groups in total. The Balaban J connectivity index is 4.08. The third kappa shape index (κ3) is 3.13. The van der Waals surface area contributed by atoms with Crippen molar-refractivity contribution in [3.63, 3.8) is 0 Å². The number of aldehydes is 1. The minimum Gasteiger partial charge on any atom is -0.332 e. The third-order valence-electron chi connectivity index (χ3n) is 1.39. The number of carbonyl (C=O) groups is 2. The first-order valence-electron chi connectivity index (χ1n) is 3.56. The van der Waals surface area contributed by atoms with E-state index in [9.17, 15) is 9.59 Å². The predicted octanol–water partition coefficient (Wildman–Crippen LogP) is -0.619. The Morgan fingerprint density at radius 3 is 2.45 bits per heavy atom. The lowest BCUT2D eigenvalue weighted by Crippen LogP contribution is -2.41. The zero-order valence-corrected chi connectivity index (χ0v) is 6.91. The highest BCUT2D eigenvalue weighted by Gasteiger charge is 2.13. The minimum absolute atomic E-state index is 0.0357. The van der Waals surface area contributed by atoms with Gasteiger partial charge in [0, 0.05) is 6.04 Å². The van der Waals surface area contributed by atoms with Crippen molar-refractivity contribution < 1.29 is 9.59 Å². The third-order valence-corrected chi connectivity index (χ3v) is 1.39. The van der Waals surface area contributed by atoms with Crippen LogP contribution in [0.4, 0.5) is 0 Å². The maximum Gasteiger partial charge on any atom is 0.236 e. The molecule has 0 fully saturated rings. The van der Waals surface area contributed by atoms with Crippen LogP contribution in [0, 0.1) is 0 Å². The molecule has 0 saturated heterocycles. The first kappa shape index (κ1) is 10.1. The summed E-state index contributed by atoms with van der Waals surface area (Å²) in [6, 6.07) is 0.0382. The molecule has 0 unspecified atom stereocenters. The molecular weight excluding hydrogens is 144 g/mol. The summed E-state index contributed by atoms with van der Waals surface area (Å²) >= 11 is 0. The molecule has 0 aliphatic rings. The zero-order valence-electron chi connectivity index (χ0n) is 6.91. The number of nitrogens with two attached hydrogens (primary N) is 1. The first-order chi connectivity index (χ1) is 5.13. The number of hydrogen-bond donors (Lipinski definition) is 1. The Morgan fingerprint density at radius 1 is 1.64 bits per heavy atom. The van der Waals surface area contributed by atoms with Crippen LogP contribution in [0.3, 0.4) is 0 Å². The molecule has 4 nitrogen and oxygen atoms in total. The van der Waals surface area contributed by atoms with Crippen LogP contribution in [0.15, 0.2) is 0 Å². The predicted molar refractivity (Wildman–Crippen MR) is 42.0 cm³/mol. The van der Waals surface area contributed by atoms with E-state index in [0.717, 1.165) is 0 Å². The summed E-state index contributed by atoms with van der Waals surface area (Å²) < 4.78 is 0. The van der Waals surface area contributed by atoms with E-state index < -0.39 is 0 Å². The van der Waals surface area contributed by atoms with Gasteiger partial charge >= 0.3 is 0 Å². The van der Waals surface area contributed by atoms with Crippen LogP contribution in [-0.4, -0.2) is 36.2 Å². The second kappa shape index (κ2) is 4.85. The molecule has 0 aromatic rings. The average Bonchev–Trinajstić information content (AvgIpc) is 1.98. The van der Waals surface area contributed by atoms with Crippen molar-refractivity contribution in [2.45, 2.75) is 19.9 Å². The van der Waals surface area contributed by atoms with Gasteiger partial charge in [0.1, 0.15) is 6.29 Å². The smallest absolute Gasteiger partial charge is 0.236 e. The van der Waals surface area contributed by atoms with Crippen LogP contribution < -0.4 is 5.73 Å². The Labute approximate surface area is 66.4 Å². The number of carbonyl (C=O) groups excluding carboxylic acids is 2. The van der Waals surface area contributed by atoms with Crippen LogP contribution in [0.5, 0.6) is 0 Å². The van der Waals surface area contributed by atoms with E-state index >= 15 is 0 Å². The lowest BCUT2D eigenvalue weighted by molar-refractivity contribution is -0.133. The van der Waals surface area contributed by atoms with Gasteiger partial charge in [0.2, 0.25) is 5.91 Å². The molecule has 0 heterocycles. The summed E-state index contributed by atoms with van der Waals surface area (Å²) in [5.41, 5.74) is 5.13. The molecule has 0 bridgehead atoms. The molecule has 0 atom stereocenters. The molecule has 0 aromatic heterocycles. The van der Waals surface area contributed by atoms with Crippen molar-refractivity contribution in [3.8, 4) is 0 Å². The minimum atomic E-state index is -0.188. The summed E-state index contributed by atoms with van der Waals surface area (Å²) in [6.07, 6.45) is 0.702. The van der Waals surface area contributed by atoms with Crippen LogP contribution in [0.2, 0.25) is 0 Å². The average molecular weight is 158 g/mol. The van der Waals surface area contributed by atoms with Crippen molar-refractivity contribution in [2.24, 2.45) is 5.73 Å². The van der Waals surface area contributed by atoms with Gasteiger partial charge in [-0.05, 0) is 13.8 Å². The highest BCUT2D eigenvalue weighted by Crippen LogP contribution is 1.95.